The lowest BCUT2D eigenvalue weighted by atomic mass is 9.95. The first-order chi connectivity index (χ1) is 16.8. The Bertz CT molecular complexity index is 1350. The number of nitrogens with one attached hydrogen (secondary N) is 1. The SMILES string of the molecule is O=C(c1ccc(F)cc1)N1CCCC(C(=O)N2CCN(S(=O)(=O)c3c[nH]c4ncccc34)CC2)C1. The van der Waals surface area contributed by atoms with Crippen LogP contribution in [0.3, 0.4) is 0 Å². The number of H-pyrrole nitrogens is 1. The molecule has 2 fully saturated rings. The average Bonchev–Trinajstić information content (AvgIpc) is 3.34. The van der Waals surface area contributed by atoms with Crippen molar-refractivity contribution >= 4 is 32.9 Å². The quantitative estimate of drug-likeness (QED) is 0.592. The van der Waals surface area contributed by atoms with Gasteiger partial charge in [-0.25, -0.2) is 17.8 Å². The van der Waals surface area contributed by atoms with E-state index in [1.54, 1.807) is 28.1 Å². The summed E-state index contributed by atoms with van der Waals surface area (Å²) in [5.41, 5.74) is 0.905. The molecule has 2 aliphatic heterocycles. The van der Waals surface area contributed by atoms with Crippen molar-refractivity contribution in [1.82, 2.24) is 24.1 Å². The van der Waals surface area contributed by atoms with Crippen LogP contribution < -0.4 is 0 Å². The van der Waals surface area contributed by atoms with Gasteiger partial charge in [0.25, 0.3) is 5.91 Å². The van der Waals surface area contributed by atoms with Gasteiger partial charge in [-0.2, -0.15) is 4.31 Å². The average molecular weight is 500 g/mol. The van der Waals surface area contributed by atoms with E-state index in [0.29, 0.717) is 55.6 Å². The van der Waals surface area contributed by atoms with Crippen LogP contribution in [0.5, 0.6) is 0 Å². The number of aromatic nitrogens is 2. The third-order valence-electron chi connectivity index (χ3n) is 6.73. The van der Waals surface area contributed by atoms with E-state index in [1.165, 1.54) is 34.8 Å². The van der Waals surface area contributed by atoms with E-state index in [-0.39, 0.29) is 35.7 Å². The van der Waals surface area contributed by atoms with Gasteiger partial charge in [-0.05, 0) is 49.2 Å². The predicted octanol–water partition coefficient (Wildman–Crippen LogP) is 2.09. The Morgan fingerprint density at radius 2 is 1.74 bits per heavy atom. The molecule has 1 atom stereocenters. The summed E-state index contributed by atoms with van der Waals surface area (Å²) < 4.78 is 41.0. The number of piperazine rings is 1. The number of halogens is 1. The summed E-state index contributed by atoms with van der Waals surface area (Å²) in [4.78, 5) is 36.6. The standard InChI is InChI=1S/C24H26FN5O4S/c25-19-7-5-17(6-8-19)23(31)29-10-2-3-18(16-29)24(32)28-11-13-30(14-12-28)35(33,34)21-15-27-22-20(21)4-1-9-26-22/h1,4-9,15,18H,2-3,10-14,16H2,(H,26,27). The number of fused-ring (bicyclic) bond motifs is 1. The van der Waals surface area contributed by atoms with Gasteiger partial charge in [-0.1, -0.05) is 0 Å². The fraction of sp³-hybridized carbons (Fsp3) is 0.375. The van der Waals surface area contributed by atoms with Gasteiger partial charge in [0.15, 0.2) is 0 Å². The number of aromatic amines is 1. The first kappa shape index (κ1) is 23.4. The Kier molecular flexibility index (Phi) is 6.28. The molecule has 0 saturated carbocycles. The molecule has 184 valence electrons. The van der Waals surface area contributed by atoms with E-state index in [0.717, 1.165) is 0 Å². The Balaban J connectivity index is 1.22. The second kappa shape index (κ2) is 9.38. The number of nitrogens with zero attached hydrogens (tertiary/aromatic N) is 4. The number of piperidine rings is 1. The third kappa shape index (κ3) is 4.53. The molecule has 35 heavy (non-hydrogen) atoms. The molecule has 0 bridgehead atoms. The van der Waals surface area contributed by atoms with E-state index < -0.39 is 15.8 Å². The Hall–Kier alpha value is -3.31. The van der Waals surface area contributed by atoms with Crippen LogP contribution in [0.25, 0.3) is 11.0 Å². The zero-order chi connectivity index (χ0) is 24.6. The summed E-state index contributed by atoms with van der Waals surface area (Å²) >= 11 is 0. The molecular formula is C24H26FN5O4S. The second-order valence-corrected chi connectivity index (χ2v) is 10.8. The minimum Gasteiger partial charge on any atom is -0.345 e. The minimum absolute atomic E-state index is 0.0602. The number of amides is 2. The maximum Gasteiger partial charge on any atom is 0.253 e. The first-order valence-corrected chi connectivity index (χ1v) is 13.0. The molecule has 5 rings (SSSR count). The van der Waals surface area contributed by atoms with Gasteiger partial charge in [0.1, 0.15) is 16.4 Å². The molecule has 1 aromatic carbocycles. The van der Waals surface area contributed by atoms with Crippen molar-refractivity contribution < 1.29 is 22.4 Å². The second-order valence-electron chi connectivity index (χ2n) is 8.88. The normalized spacial score (nSPS) is 19.7. The maximum absolute atomic E-state index is 13.2. The highest BCUT2D eigenvalue weighted by molar-refractivity contribution is 7.89. The van der Waals surface area contributed by atoms with Crippen molar-refractivity contribution in [3.63, 3.8) is 0 Å². The molecular weight excluding hydrogens is 473 g/mol. The molecule has 1 N–H and O–H groups in total. The van der Waals surface area contributed by atoms with E-state index in [2.05, 4.69) is 9.97 Å². The zero-order valence-electron chi connectivity index (χ0n) is 19.1. The Morgan fingerprint density at radius 1 is 1.00 bits per heavy atom. The van der Waals surface area contributed by atoms with Crippen LogP contribution in [0.4, 0.5) is 4.39 Å². The summed E-state index contributed by atoms with van der Waals surface area (Å²) in [5, 5.41) is 0.541. The van der Waals surface area contributed by atoms with E-state index in [4.69, 9.17) is 0 Å². The van der Waals surface area contributed by atoms with Crippen LogP contribution in [0.15, 0.2) is 53.7 Å². The van der Waals surface area contributed by atoms with Crippen LogP contribution >= 0.6 is 0 Å². The zero-order valence-corrected chi connectivity index (χ0v) is 19.9. The van der Waals surface area contributed by atoms with E-state index >= 15 is 0 Å². The van der Waals surface area contributed by atoms with Crippen molar-refractivity contribution in [3.8, 4) is 0 Å². The number of hydrogen-bond donors (Lipinski definition) is 1. The third-order valence-corrected chi connectivity index (χ3v) is 8.67. The number of carbonyl (C=O) groups excluding carboxylic acids is 2. The van der Waals surface area contributed by atoms with Gasteiger partial charge < -0.3 is 14.8 Å². The van der Waals surface area contributed by atoms with Gasteiger partial charge in [0.05, 0.1) is 5.92 Å². The van der Waals surface area contributed by atoms with Crippen molar-refractivity contribution in [1.29, 1.82) is 0 Å². The number of hydrogen-bond acceptors (Lipinski definition) is 5. The van der Waals surface area contributed by atoms with E-state index in [1.807, 2.05) is 0 Å². The number of likely N-dealkylation sites (tertiary alicyclic amines) is 1. The molecule has 2 aromatic heterocycles. The molecule has 11 heteroatoms. The lowest BCUT2D eigenvalue weighted by molar-refractivity contribution is -0.138. The fourth-order valence-electron chi connectivity index (χ4n) is 4.83. The molecule has 1 unspecified atom stereocenters. The Morgan fingerprint density at radius 3 is 2.49 bits per heavy atom. The predicted molar refractivity (Wildman–Crippen MR) is 126 cm³/mol. The number of carbonyl (C=O) groups is 2. The number of sulfonamides is 1. The van der Waals surface area contributed by atoms with Gasteiger partial charge in [0.2, 0.25) is 15.9 Å². The molecule has 0 radical (unpaired) electrons. The van der Waals surface area contributed by atoms with E-state index in [9.17, 15) is 22.4 Å². The van der Waals surface area contributed by atoms with Crippen molar-refractivity contribution in [3.05, 3.63) is 60.2 Å². The summed E-state index contributed by atoms with van der Waals surface area (Å²) in [6.45, 7) is 1.83. The van der Waals surface area contributed by atoms with Crippen LogP contribution in [0.2, 0.25) is 0 Å². The minimum atomic E-state index is -3.73. The molecule has 2 saturated heterocycles. The highest BCUT2D eigenvalue weighted by Gasteiger charge is 2.36. The number of pyridine rings is 1. The van der Waals surface area contributed by atoms with Crippen molar-refractivity contribution in [2.24, 2.45) is 5.92 Å². The highest BCUT2D eigenvalue weighted by Crippen LogP contribution is 2.26. The molecule has 9 nitrogen and oxygen atoms in total. The molecule has 2 amide bonds. The molecule has 4 heterocycles. The largest absolute Gasteiger partial charge is 0.345 e. The summed E-state index contributed by atoms with van der Waals surface area (Å²) in [7, 11) is -3.73. The van der Waals surface area contributed by atoms with Gasteiger partial charge in [-0.3, -0.25) is 9.59 Å². The van der Waals surface area contributed by atoms with Gasteiger partial charge in [-0.15, -0.1) is 0 Å². The van der Waals surface area contributed by atoms with Crippen LogP contribution in [0, 0.1) is 11.7 Å². The number of rotatable bonds is 4. The molecule has 2 aliphatic rings. The Labute approximate surface area is 202 Å². The highest BCUT2D eigenvalue weighted by atomic mass is 32.2. The lowest BCUT2D eigenvalue weighted by Crippen LogP contribution is -2.54. The molecule has 0 spiro atoms. The summed E-state index contributed by atoms with van der Waals surface area (Å²) in [6.07, 6.45) is 4.43. The molecule has 0 aliphatic carbocycles. The summed E-state index contributed by atoms with van der Waals surface area (Å²) in [6, 6.07) is 8.81. The number of benzene rings is 1. The van der Waals surface area contributed by atoms with Crippen molar-refractivity contribution in [2.75, 3.05) is 39.3 Å². The monoisotopic (exact) mass is 499 g/mol. The summed E-state index contributed by atoms with van der Waals surface area (Å²) in [5.74, 6) is -1.02. The maximum atomic E-state index is 13.2. The topological polar surface area (TPSA) is 107 Å². The molecule has 3 aromatic rings. The van der Waals surface area contributed by atoms with Crippen LogP contribution in [0.1, 0.15) is 23.2 Å². The smallest absolute Gasteiger partial charge is 0.253 e. The van der Waals surface area contributed by atoms with Crippen LogP contribution in [-0.2, 0) is 14.8 Å². The first-order valence-electron chi connectivity index (χ1n) is 11.6. The fourth-order valence-corrected chi connectivity index (χ4v) is 6.40. The van der Waals surface area contributed by atoms with Crippen molar-refractivity contribution in [2.45, 2.75) is 17.7 Å². The van der Waals surface area contributed by atoms with Crippen LogP contribution in [-0.4, -0.2) is 83.6 Å². The van der Waals surface area contributed by atoms with Gasteiger partial charge >= 0.3 is 0 Å². The van der Waals surface area contributed by atoms with Gasteiger partial charge in [0, 0.05) is 62.6 Å². The lowest BCUT2D eigenvalue weighted by Gasteiger charge is -2.38.